The molecular formula is C12H14ClN3O2S2. The summed E-state index contributed by atoms with van der Waals surface area (Å²) in [5, 5.41) is 2.80. The van der Waals surface area contributed by atoms with Crippen molar-refractivity contribution >= 4 is 38.6 Å². The quantitative estimate of drug-likeness (QED) is 0.843. The standard InChI is InChI=1S/C12H14ClN3O2S2/c1-7-6-19-12(15-7)8(2)16-20(17,18)9-3-4-11(14)10(13)5-9/h3-6,8,16H,14H2,1-2H3. The summed E-state index contributed by atoms with van der Waals surface area (Å²) in [5.41, 5.74) is 6.78. The maximum atomic E-state index is 12.3. The number of halogens is 1. The van der Waals surface area contributed by atoms with Gasteiger partial charge in [-0.1, -0.05) is 11.6 Å². The molecule has 1 unspecified atom stereocenters. The van der Waals surface area contributed by atoms with Crippen molar-refractivity contribution in [2.24, 2.45) is 0 Å². The fourth-order valence-corrected chi connectivity index (χ4v) is 3.95. The van der Waals surface area contributed by atoms with Crippen molar-refractivity contribution in [1.29, 1.82) is 0 Å². The molecule has 3 N–H and O–H groups in total. The Labute approximate surface area is 126 Å². The molecule has 0 aliphatic carbocycles. The zero-order chi connectivity index (χ0) is 14.9. The van der Waals surface area contributed by atoms with Crippen molar-refractivity contribution in [3.8, 4) is 0 Å². The summed E-state index contributed by atoms with van der Waals surface area (Å²) in [4.78, 5) is 4.35. The van der Waals surface area contributed by atoms with Crippen LogP contribution in [0.15, 0.2) is 28.5 Å². The van der Waals surface area contributed by atoms with Crippen LogP contribution in [0.3, 0.4) is 0 Å². The summed E-state index contributed by atoms with van der Waals surface area (Å²) < 4.78 is 27.1. The van der Waals surface area contributed by atoms with Crippen LogP contribution >= 0.6 is 22.9 Å². The fourth-order valence-electron chi connectivity index (χ4n) is 1.60. The summed E-state index contributed by atoms with van der Waals surface area (Å²) in [5.74, 6) is 0. The topological polar surface area (TPSA) is 85.1 Å². The lowest BCUT2D eigenvalue weighted by atomic mass is 10.3. The van der Waals surface area contributed by atoms with Crippen LogP contribution in [0.25, 0.3) is 0 Å². The van der Waals surface area contributed by atoms with Crippen LogP contribution in [0.1, 0.15) is 23.7 Å². The van der Waals surface area contributed by atoms with Crippen molar-refractivity contribution < 1.29 is 8.42 Å². The molecule has 0 saturated heterocycles. The summed E-state index contributed by atoms with van der Waals surface area (Å²) in [7, 11) is -3.66. The van der Waals surface area contributed by atoms with Gasteiger partial charge in [0, 0.05) is 11.1 Å². The number of hydrogen-bond donors (Lipinski definition) is 2. The van der Waals surface area contributed by atoms with Gasteiger partial charge >= 0.3 is 0 Å². The number of aryl methyl sites for hydroxylation is 1. The van der Waals surface area contributed by atoms with E-state index in [1.807, 2.05) is 12.3 Å². The molecule has 1 aromatic carbocycles. The average molecular weight is 332 g/mol. The molecule has 0 radical (unpaired) electrons. The number of sulfonamides is 1. The summed E-state index contributed by atoms with van der Waals surface area (Å²) in [6, 6.07) is 3.81. The Morgan fingerprint density at radius 3 is 2.70 bits per heavy atom. The molecule has 0 aliphatic heterocycles. The monoisotopic (exact) mass is 331 g/mol. The number of nitrogens with one attached hydrogen (secondary N) is 1. The maximum Gasteiger partial charge on any atom is 0.241 e. The van der Waals surface area contributed by atoms with Crippen molar-refractivity contribution in [1.82, 2.24) is 9.71 Å². The number of rotatable bonds is 4. The molecule has 1 aromatic heterocycles. The van der Waals surface area contributed by atoms with Gasteiger partial charge in [-0.05, 0) is 32.0 Å². The van der Waals surface area contributed by atoms with Crippen molar-refractivity contribution in [3.63, 3.8) is 0 Å². The minimum absolute atomic E-state index is 0.0804. The van der Waals surface area contributed by atoms with Crippen LogP contribution < -0.4 is 10.5 Å². The second kappa shape index (κ2) is 5.69. The van der Waals surface area contributed by atoms with Crippen LogP contribution in [0.5, 0.6) is 0 Å². The number of hydrogen-bond acceptors (Lipinski definition) is 5. The molecule has 20 heavy (non-hydrogen) atoms. The van der Waals surface area contributed by atoms with Crippen LogP contribution in [-0.4, -0.2) is 13.4 Å². The predicted octanol–water partition coefficient (Wildman–Crippen LogP) is 2.73. The first-order valence-electron chi connectivity index (χ1n) is 5.79. The van der Waals surface area contributed by atoms with Gasteiger partial charge in [0.15, 0.2) is 0 Å². The third-order valence-electron chi connectivity index (χ3n) is 2.62. The molecule has 2 rings (SSSR count). The molecule has 0 saturated carbocycles. The number of nitrogen functional groups attached to an aromatic ring is 1. The Bertz CT molecular complexity index is 728. The SMILES string of the molecule is Cc1csc(C(C)NS(=O)(=O)c2ccc(N)c(Cl)c2)n1. The van der Waals surface area contributed by atoms with Crippen LogP contribution in [-0.2, 0) is 10.0 Å². The predicted molar refractivity (Wildman–Crippen MR) is 81.5 cm³/mol. The third-order valence-corrected chi connectivity index (χ3v) is 5.63. The van der Waals surface area contributed by atoms with E-state index < -0.39 is 16.1 Å². The summed E-state index contributed by atoms with van der Waals surface area (Å²) in [6.45, 7) is 3.61. The Morgan fingerprint density at radius 2 is 2.15 bits per heavy atom. The van der Waals surface area contributed by atoms with E-state index in [-0.39, 0.29) is 9.92 Å². The number of nitrogens with zero attached hydrogens (tertiary/aromatic N) is 1. The smallest absolute Gasteiger partial charge is 0.241 e. The van der Waals surface area contributed by atoms with E-state index in [0.29, 0.717) is 10.7 Å². The lowest BCUT2D eigenvalue weighted by Crippen LogP contribution is -2.26. The van der Waals surface area contributed by atoms with Crippen LogP contribution in [0, 0.1) is 6.92 Å². The van der Waals surface area contributed by atoms with Gasteiger partial charge in [0.2, 0.25) is 10.0 Å². The second-order valence-electron chi connectivity index (χ2n) is 4.35. The first-order valence-corrected chi connectivity index (χ1v) is 8.53. The molecule has 8 heteroatoms. The summed E-state index contributed by atoms with van der Waals surface area (Å²) in [6.07, 6.45) is 0. The van der Waals surface area contributed by atoms with Crippen LogP contribution in [0.4, 0.5) is 5.69 Å². The molecule has 1 heterocycles. The zero-order valence-corrected chi connectivity index (χ0v) is 13.3. The Balaban J connectivity index is 2.24. The normalized spacial score (nSPS) is 13.3. The minimum Gasteiger partial charge on any atom is -0.398 e. The van der Waals surface area contributed by atoms with E-state index in [4.69, 9.17) is 17.3 Å². The van der Waals surface area contributed by atoms with Gasteiger partial charge in [-0.3, -0.25) is 0 Å². The molecule has 2 aromatic rings. The van der Waals surface area contributed by atoms with Gasteiger partial charge in [-0.15, -0.1) is 11.3 Å². The van der Waals surface area contributed by atoms with Crippen molar-refractivity contribution in [2.75, 3.05) is 5.73 Å². The lowest BCUT2D eigenvalue weighted by molar-refractivity contribution is 0.566. The van der Waals surface area contributed by atoms with Crippen molar-refractivity contribution in [2.45, 2.75) is 24.8 Å². The molecule has 0 fully saturated rings. The van der Waals surface area contributed by atoms with Gasteiger partial charge in [0.1, 0.15) is 5.01 Å². The molecule has 108 valence electrons. The lowest BCUT2D eigenvalue weighted by Gasteiger charge is -2.12. The van der Waals surface area contributed by atoms with Gasteiger partial charge in [0.25, 0.3) is 0 Å². The van der Waals surface area contributed by atoms with E-state index in [1.165, 1.54) is 29.5 Å². The number of nitrogens with two attached hydrogens (primary N) is 1. The highest BCUT2D eigenvalue weighted by Gasteiger charge is 2.20. The largest absolute Gasteiger partial charge is 0.398 e. The van der Waals surface area contributed by atoms with Gasteiger partial charge in [0.05, 0.1) is 21.6 Å². The van der Waals surface area contributed by atoms with Gasteiger partial charge < -0.3 is 5.73 Å². The maximum absolute atomic E-state index is 12.3. The number of aromatic nitrogens is 1. The molecule has 0 amide bonds. The molecule has 0 aliphatic rings. The highest BCUT2D eigenvalue weighted by Crippen LogP contribution is 2.24. The van der Waals surface area contributed by atoms with E-state index in [2.05, 4.69) is 9.71 Å². The number of benzene rings is 1. The minimum atomic E-state index is -3.66. The van der Waals surface area contributed by atoms with Gasteiger partial charge in [-0.25, -0.2) is 18.1 Å². The third kappa shape index (κ3) is 3.29. The van der Waals surface area contributed by atoms with Gasteiger partial charge in [-0.2, -0.15) is 0 Å². The molecule has 1 atom stereocenters. The number of anilines is 1. The second-order valence-corrected chi connectivity index (χ2v) is 7.36. The molecular weight excluding hydrogens is 318 g/mol. The van der Waals surface area contributed by atoms with Crippen molar-refractivity contribution in [3.05, 3.63) is 39.3 Å². The number of thiazole rings is 1. The van der Waals surface area contributed by atoms with E-state index in [9.17, 15) is 8.42 Å². The first-order chi connectivity index (χ1) is 9.29. The first kappa shape index (κ1) is 15.2. The molecule has 0 spiro atoms. The van der Waals surface area contributed by atoms with E-state index in [0.717, 1.165) is 5.69 Å². The fraction of sp³-hybridized carbons (Fsp3) is 0.250. The Kier molecular flexibility index (Phi) is 4.33. The van der Waals surface area contributed by atoms with E-state index >= 15 is 0 Å². The molecule has 5 nitrogen and oxygen atoms in total. The zero-order valence-electron chi connectivity index (χ0n) is 10.9. The highest BCUT2D eigenvalue weighted by atomic mass is 35.5. The Hall–Kier alpha value is -1.15. The molecule has 0 bridgehead atoms. The highest BCUT2D eigenvalue weighted by molar-refractivity contribution is 7.89. The van der Waals surface area contributed by atoms with E-state index in [1.54, 1.807) is 6.92 Å². The van der Waals surface area contributed by atoms with Crippen LogP contribution in [0.2, 0.25) is 5.02 Å². The average Bonchev–Trinajstić information content (AvgIpc) is 2.79. The summed E-state index contributed by atoms with van der Waals surface area (Å²) >= 11 is 7.26. The Morgan fingerprint density at radius 1 is 1.45 bits per heavy atom.